The van der Waals surface area contributed by atoms with Gasteiger partial charge in [0.1, 0.15) is 0 Å². The van der Waals surface area contributed by atoms with Crippen LogP contribution in [-0.2, 0) is 9.59 Å². The summed E-state index contributed by atoms with van der Waals surface area (Å²) < 4.78 is 0. The number of rotatable bonds is 8. The number of carbonyl (C=O) groups is 2. The van der Waals surface area contributed by atoms with E-state index in [1.165, 1.54) is 0 Å². The van der Waals surface area contributed by atoms with Gasteiger partial charge in [-0.2, -0.15) is 0 Å². The van der Waals surface area contributed by atoms with Gasteiger partial charge in [-0.25, -0.2) is 0 Å². The predicted molar refractivity (Wildman–Crippen MR) is 62.0 cm³/mol. The topological polar surface area (TPSA) is 70.2 Å². The third-order valence-corrected chi connectivity index (χ3v) is 2.37. The number of amides is 2. The molecule has 1 aliphatic carbocycles. The Bertz CT molecular complexity index is 239. The second-order valence-corrected chi connectivity index (χ2v) is 4.05. The summed E-state index contributed by atoms with van der Waals surface area (Å²) in [5, 5.41) is 8.71. The lowest BCUT2D eigenvalue weighted by molar-refractivity contribution is -0.121. The number of carbonyl (C=O) groups excluding carboxylic acids is 2. The molecule has 1 rings (SSSR count). The SMILES string of the molecule is CCNC(=O)CCNCCC(=O)NC1CC1. The summed E-state index contributed by atoms with van der Waals surface area (Å²) in [6.07, 6.45) is 3.21. The summed E-state index contributed by atoms with van der Waals surface area (Å²) in [5.41, 5.74) is 0. The first-order chi connectivity index (χ1) is 7.72. The molecule has 1 saturated carbocycles. The van der Waals surface area contributed by atoms with Gasteiger partial charge >= 0.3 is 0 Å². The van der Waals surface area contributed by atoms with Crippen molar-refractivity contribution in [2.75, 3.05) is 19.6 Å². The van der Waals surface area contributed by atoms with Crippen LogP contribution in [0.5, 0.6) is 0 Å². The second-order valence-electron chi connectivity index (χ2n) is 4.05. The Balaban J connectivity index is 1.86. The Kier molecular flexibility index (Phi) is 5.85. The van der Waals surface area contributed by atoms with Gasteiger partial charge in [-0.05, 0) is 19.8 Å². The van der Waals surface area contributed by atoms with Gasteiger partial charge in [-0.1, -0.05) is 0 Å². The summed E-state index contributed by atoms with van der Waals surface area (Å²) in [7, 11) is 0. The Morgan fingerprint density at radius 3 is 2.31 bits per heavy atom. The number of nitrogens with one attached hydrogen (secondary N) is 3. The monoisotopic (exact) mass is 227 g/mol. The fourth-order valence-electron chi connectivity index (χ4n) is 1.34. The van der Waals surface area contributed by atoms with E-state index in [0.717, 1.165) is 12.8 Å². The zero-order valence-electron chi connectivity index (χ0n) is 9.84. The van der Waals surface area contributed by atoms with Crippen LogP contribution in [-0.4, -0.2) is 37.5 Å². The molecule has 0 bridgehead atoms. The molecule has 0 aromatic heterocycles. The van der Waals surface area contributed by atoms with Gasteiger partial charge in [-0.15, -0.1) is 0 Å². The molecule has 0 aromatic carbocycles. The smallest absolute Gasteiger partial charge is 0.221 e. The van der Waals surface area contributed by atoms with E-state index in [-0.39, 0.29) is 11.8 Å². The molecule has 0 unspecified atom stereocenters. The molecule has 3 N–H and O–H groups in total. The molecule has 0 spiro atoms. The van der Waals surface area contributed by atoms with Gasteiger partial charge in [0.2, 0.25) is 11.8 Å². The molecule has 0 atom stereocenters. The van der Waals surface area contributed by atoms with E-state index in [1.807, 2.05) is 6.92 Å². The summed E-state index contributed by atoms with van der Waals surface area (Å²) in [6, 6.07) is 0.433. The fraction of sp³-hybridized carbons (Fsp3) is 0.818. The van der Waals surface area contributed by atoms with Crippen molar-refractivity contribution in [2.45, 2.75) is 38.6 Å². The summed E-state index contributed by atoms with van der Waals surface area (Å²) in [4.78, 5) is 22.3. The molecule has 0 aromatic rings. The van der Waals surface area contributed by atoms with E-state index in [2.05, 4.69) is 16.0 Å². The molecular formula is C11H21N3O2. The van der Waals surface area contributed by atoms with Gasteiger partial charge in [0, 0.05) is 38.5 Å². The quantitative estimate of drug-likeness (QED) is 0.502. The third-order valence-electron chi connectivity index (χ3n) is 2.37. The van der Waals surface area contributed by atoms with E-state index in [9.17, 15) is 9.59 Å². The molecule has 92 valence electrons. The maximum Gasteiger partial charge on any atom is 0.221 e. The Morgan fingerprint density at radius 2 is 1.75 bits per heavy atom. The van der Waals surface area contributed by atoms with Crippen LogP contribution < -0.4 is 16.0 Å². The third kappa shape index (κ3) is 6.40. The zero-order chi connectivity index (χ0) is 11.8. The van der Waals surface area contributed by atoms with Crippen LogP contribution in [0.3, 0.4) is 0 Å². The predicted octanol–water partition coefficient (Wildman–Crippen LogP) is -0.229. The van der Waals surface area contributed by atoms with E-state index in [4.69, 9.17) is 0 Å². The average Bonchev–Trinajstić information content (AvgIpc) is 3.01. The van der Waals surface area contributed by atoms with E-state index in [0.29, 0.717) is 38.5 Å². The van der Waals surface area contributed by atoms with E-state index < -0.39 is 0 Å². The Hall–Kier alpha value is -1.10. The lowest BCUT2D eigenvalue weighted by Crippen LogP contribution is -2.31. The first-order valence-electron chi connectivity index (χ1n) is 5.99. The highest BCUT2D eigenvalue weighted by atomic mass is 16.2. The molecule has 5 nitrogen and oxygen atoms in total. The number of hydrogen-bond donors (Lipinski definition) is 3. The zero-order valence-corrected chi connectivity index (χ0v) is 9.84. The van der Waals surface area contributed by atoms with Crippen LogP contribution in [0, 0.1) is 0 Å². The van der Waals surface area contributed by atoms with Crippen molar-refractivity contribution in [3.05, 3.63) is 0 Å². The fourth-order valence-corrected chi connectivity index (χ4v) is 1.34. The summed E-state index contributed by atoms with van der Waals surface area (Å²) >= 11 is 0. The van der Waals surface area contributed by atoms with Gasteiger partial charge in [0.05, 0.1) is 0 Å². The van der Waals surface area contributed by atoms with Crippen LogP contribution in [0.25, 0.3) is 0 Å². The van der Waals surface area contributed by atoms with Gasteiger partial charge in [0.15, 0.2) is 0 Å². The van der Waals surface area contributed by atoms with E-state index in [1.54, 1.807) is 0 Å². The van der Waals surface area contributed by atoms with Crippen LogP contribution in [0.15, 0.2) is 0 Å². The standard InChI is InChI=1S/C11H21N3O2/c1-2-13-10(15)5-7-12-8-6-11(16)14-9-3-4-9/h9,12H,2-8H2,1H3,(H,13,15)(H,14,16). The van der Waals surface area contributed by atoms with Crippen molar-refractivity contribution in [1.29, 1.82) is 0 Å². The van der Waals surface area contributed by atoms with Gasteiger partial charge in [0.25, 0.3) is 0 Å². The average molecular weight is 227 g/mol. The van der Waals surface area contributed by atoms with Gasteiger partial charge in [-0.3, -0.25) is 9.59 Å². The van der Waals surface area contributed by atoms with Gasteiger partial charge < -0.3 is 16.0 Å². The molecule has 2 amide bonds. The molecule has 0 radical (unpaired) electrons. The Morgan fingerprint density at radius 1 is 1.12 bits per heavy atom. The summed E-state index contributed by atoms with van der Waals surface area (Å²) in [5.74, 6) is 0.158. The van der Waals surface area contributed by atoms with Crippen molar-refractivity contribution in [3.8, 4) is 0 Å². The lowest BCUT2D eigenvalue weighted by Gasteiger charge is -2.05. The minimum Gasteiger partial charge on any atom is -0.356 e. The normalized spacial score (nSPS) is 14.6. The van der Waals surface area contributed by atoms with Crippen LogP contribution in [0.4, 0.5) is 0 Å². The maximum atomic E-state index is 11.3. The highest BCUT2D eigenvalue weighted by Crippen LogP contribution is 2.18. The number of hydrogen-bond acceptors (Lipinski definition) is 3. The van der Waals surface area contributed by atoms with Crippen LogP contribution >= 0.6 is 0 Å². The first kappa shape index (κ1) is 13.0. The highest BCUT2D eigenvalue weighted by Gasteiger charge is 2.22. The minimum atomic E-state index is 0.0532. The molecule has 0 heterocycles. The van der Waals surface area contributed by atoms with Crippen molar-refractivity contribution in [2.24, 2.45) is 0 Å². The van der Waals surface area contributed by atoms with Crippen molar-refractivity contribution in [3.63, 3.8) is 0 Å². The molecule has 0 aliphatic heterocycles. The van der Waals surface area contributed by atoms with Crippen molar-refractivity contribution in [1.82, 2.24) is 16.0 Å². The largest absolute Gasteiger partial charge is 0.356 e. The summed E-state index contributed by atoms with van der Waals surface area (Å²) in [6.45, 7) is 3.83. The second kappa shape index (κ2) is 7.22. The minimum absolute atomic E-state index is 0.0532. The first-order valence-corrected chi connectivity index (χ1v) is 5.99. The van der Waals surface area contributed by atoms with E-state index >= 15 is 0 Å². The Labute approximate surface area is 96.4 Å². The molecule has 1 aliphatic rings. The molecular weight excluding hydrogens is 206 g/mol. The molecule has 5 heteroatoms. The molecule has 16 heavy (non-hydrogen) atoms. The lowest BCUT2D eigenvalue weighted by atomic mass is 10.3. The molecule has 1 fully saturated rings. The molecule has 0 saturated heterocycles. The highest BCUT2D eigenvalue weighted by molar-refractivity contribution is 5.77. The van der Waals surface area contributed by atoms with Crippen molar-refractivity contribution < 1.29 is 9.59 Å². The van der Waals surface area contributed by atoms with Crippen molar-refractivity contribution >= 4 is 11.8 Å². The maximum absolute atomic E-state index is 11.3. The van der Waals surface area contributed by atoms with Crippen LogP contribution in [0.2, 0.25) is 0 Å². The van der Waals surface area contributed by atoms with Crippen LogP contribution in [0.1, 0.15) is 32.6 Å².